The number of anilines is 1. The Bertz CT molecular complexity index is 1080. The monoisotopic (exact) mass is 433 g/mol. The second kappa shape index (κ2) is 8.68. The lowest BCUT2D eigenvalue weighted by atomic mass is 9.86. The van der Waals surface area contributed by atoms with Gasteiger partial charge in [0.05, 0.1) is 17.9 Å². The lowest BCUT2D eigenvalue weighted by Gasteiger charge is -2.36. The van der Waals surface area contributed by atoms with E-state index in [0.717, 1.165) is 42.9 Å². The number of H-pyrrole nitrogens is 1. The summed E-state index contributed by atoms with van der Waals surface area (Å²) in [6.45, 7) is 2.06. The molecule has 32 heavy (non-hydrogen) atoms. The molecule has 0 spiro atoms. The Morgan fingerprint density at radius 1 is 1.22 bits per heavy atom. The van der Waals surface area contributed by atoms with Crippen LogP contribution in [0.2, 0.25) is 0 Å². The highest BCUT2D eigenvalue weighted by atomic mass is 16.3. The number of nitrogens with zero attached hydrogens (tertiary/aromatic N) is 4. The van der Waals surface area contributed by atoms with Crippen LogP contribution in [0.1, 0.15) is 19.3 Å². The third kappa shape index (κ3) is 3.85. The first-order valence-corrected chi connectivity index (χ1v) is 11.0. The fourth-order valence-electron chi connectivity index (χ4n) is 4.92. The van der Waals surface area contributed by atoms with Crippen molar-refractivity contribution in [2.24, 2.45) is 11.7 Å². The molecule has 3 unspecified atom stereocenters. The van der Waals surface area contributed by atoms with Gasteiger partial charge in [-0.15, -0.1) is 10.2 Å². The molecule has 0 radical (unpaired) electrons. The van der Waals surface area contributed by atoms with Gasteiger partial charge in [-0.25, -0.2) is 0 Å². The number of piperidine rings is 1. The number of aromatic amines is 1. The number of aromatic nitrogens is 4. The third-order valence-electron chi connectivity index (χ3n) is 6.63. The van der Waals surface area contributed by atoms with Crippen molar-refractivity contribution in [2.75, 3.05) is 24.5 Å². The molecule has 4 heterocycles. The molecule has 3 atom stereocenters. The van der Waals surface area contributed by atoms with Crippen molar-refractivity contribution in [1.29, 1.82) is 0 Å². The van der Waals surface area contributed by atoms with Crippen LogP contribution in [0.15, 0.2) is 42.7 Å². The number of hydrogen-bond donors (Lipinski definition) is 4. The first-order chi connectivity index (χ1) is 15.6. The summed E-state index contributed by atoms with van der Waals surface area (Å²) in [5.74, 6) is 1.65. The van der Waals surface area contributed by atoms with E-state index < -0.39 is 0 Å². The molecular formula is C23H27N7O2. The minimum absolute atomic E-state index is 0.0822. The Hall–Kier alpha value is -3.30. The minimum atomic E-state index is -0.0822. The molecule has 3 aromatic rings. The normalized spacial score (nSPS) is 22.7. The Morgan fingerprint density at radius 3 is 2.84 bits per heavy atom. The number of rotatable bonds is 6. The van der Waals surface area contributed by atoms with Gasteiger partial charge in [-0.05, 0) is 55.1 Å². The summed E-state index contributed by atoms with van der Waals surface area (Å²) in [6.07, 6.45) is 5.81. The molecule has 5 rings (SSSR count). The Morgan fingerprint density at radius 2 is 2.12 bits per heavy atom. The first kappa shape index (κ1) is 20.6. The fraction of sp³-hybridized carbons (Fsp3) is 0.391. The van der Waals surface area contributed by atoms with Gasteiger partial charge >= 0.3 is 0 Å². The van der Waals surface area contributed by atoms with Crippen molar-refractivity contribution in [2.45, 2.75) is 31.3 Å². The maximum Gasteiger partial charge on any atom is 0.151 e. The van der Waals surface area contributed by atoms with Crippen molar-refractivity contribution in [1.82, 2.24) is 25.7 Å². The topological polar surface area (TPSA) is 133 Å². The molecule has 0 bridgehead atoms. The molecule has 2 aromatic heterocycles. The highest BCUT2D eigenvalue weighted by Crippen LogP contribution is 2.36. The van der Waals surface area contributed by atoms with Crippen molar-refractivity contribution >= 4 is 11.6 Å². The van der Waals surface area contributed by atoms with E-state index in [1.165, 1.54) is 0 Å². The van der Waals surface area contributed by atoms with E-state index in [1.54, 1.807) is 18.5 Å². The Kier molecular flexibility index (Phi) is 5.59. The van der Waals surface area contributed by atoms with E-state index in [4.69, 9.17) is 5.73 Å². The number of nitrogens with one attached hydrogen (secondary N) is 2. The van der Waals surface area contributed by atoms with Crippen LogP contribution >= 0.6 is 0 Å². The lowest BCUT2D eigenvalue weighted by Crippen LogP contribution is -2.53. The number of fused-ring (bicyclic) bond motifs is 1. The molecule has 1 aromatic carbocycles. The second-order valence-corrected chi connectivity index (χ2v) is 8.51. The van der Waals surface area contributed by atoms with E-state index in [2.05, 4.69) is 30.6 Å². The highest BCUT2D eigenvalue weighted by Gasteiger charge is 2.41. The number of phenolic OH excluding ortho intramolecular Hbond substituents is 1. The van der Waals surface area contributed by atoms with Gasteiger partial charge in [-0.3, -0.25) is 9.89 Å². The highest BCUT2D eigenvalue weighted by molar-refractivity contribution is 5.84. The quantitative estimate of drug-likeness (QED) is 0.462. The van der Waals surface area contributed by atoms with Gasteiger partial charge < -0.3 is 21.1 Å². The van der Waals surface area contributed by atoms with E-state index in [0.29, 0.717) is 36.2 Å². The van der Waals surface area contributed by atoms with Crippen LogP contribution in [0.25, 0.3) is 22.4 Å². The number of carbonyl (C=O) groups is 1. The van der Waals surface area contributed by atoms with Gasteiger partial charge in [-0.1, -0.05) is 6.07 Å². The van der Waals surface area contributed by atoms with Crippen LogP contribution in [-0.4, -0.2) is 63.0 Å². The molecule has 2 fully saturated rings. The molecule has 2 aliphatic heterocycles. The summed E-state index contributed by atoms with van der Waals surface area (Å²) in [5.41, 5.74) is 8.58. The average Bonchev–Trinajstić information content (AvgIpc) is 3.49. The van der Waals surface area contributed by atoms with Crippen LogP contribution in [0, 0.1) is 5.92 Å². The summed E-state index contributed by atoms with van der Waals surface area (Å²) in [7, 11) is 0. The van der Waals surface area contributed by atoms with Crippen molar-refractivity contribution in [3.8, 4) is 28.1 Å². The molecular weight excluding hydrogens is 406 g/mol. The minimum Gasteiger partial charge on any atom is -0.507 e. The number of aromatic hydroxyl groups is 1. The molecule has 5 N–H and O–H groups in total. The molecule has 9 heteroatoms. The van der Waals surface area contributed by atoms with Crippen molar-refractivity contribution in [3.05, 3.63) is 42.7 Å². The zero-order valence-electron chi connectivity index (χ0n) is 17.7. The van der Waals surface area contributed by atoms with Crippen LogP contribution in [0.4, 0.5) is 5.82 Å². The SMILES string of the molecule is NCCC(=O)C1CC2CCN(c3ccc(-c4ccc(-c5cn[nH]c5)cc4O)nn3)C2CN1. The van der Waals surface area contributed by atoms with Crippen LogP contribution in [-0.2, 0) is 4.79 Å². The molecule has 166 valence electrons. The molecule has 9 nitrogen and oxygen atoms in total. The summed E-state index contributed by atoms with van der Waals surface area (Å²) < 4.78 is 0. The maximum absolute atomic E-state index is 12.2. The van der Waals surface area contributed by atoms with Gasteiger partial charge in [0.15, 0.2) is 11.6 Å². The number of phenols is 1. The summed E-state index contributed by atoms with van der Waals surface area (Å²) in [5, 5.41) is 29.5. The summed E-state index contributed by atoms with van der Waals surface area (Å²) in [6, 6.07) is 9.55. The number of Topliss-reactive ketones (excluding diaryl/α,β-unsaturated/α-hetero) is 1. The Labute approximate surface area is 186 Å². The number of benzene rings is 1. The maximum atomic E-state index is 12.2. The number of carbonyl (C=O) groups excluding carboxylic acids is 1. The number of nitrogens with two attached hydrogens (primary N) is 1. The van der Waals surface area contributed by atoms with Gasteiger partial charge in [0.1, 0.15) is 5.75 Å². The van der Waals surface area contributed by atoms with Gasteiger partial charge in [0, 0.05) is 42.9 Å². The lowest BCUT2D eigenvalue weighted by molar-refractivity contribution is -0.121. The summed E-state index contributed by atoms with van der Waals surface area (Å²) in [4.78, 5) is 14.5. The fourth-order valence-corrected chi connectivity index (χ4v) is 4.92. The predicted molar refractivity (Wildman–Crippen MR) is 121 cm³/mol. The van der Waals surface area contributed by atoms with E-state index in [9.17, 15) is 9.90 Å². The molecule has 2 saturated heterocycles. The third-order valence-corrected chi connectivity index (χ3v) is 6.63. The summed E-state index contributed by atoms with van der Waals surface area (Å²) >= 11 is 0. The molecule has 0 aliphatic carbocycles. The van der Waals surface area contributed by atoms with Crippen LogP contribution in [0.3, 0.4) is 0 Å². The standard InChI is InChI=1S/C23H27N7O2/c24-7-5-21(31)19-9-15-6-8-30(20(15)13-25-19)23-4-3-18(28-29-23)17-2-1-14(10-22(17)32)16-11-26-27-12-16/h1-4,10-12,15,19-20,25,32H,5-9,13,24H2,(H,26,27). The number of hydrogen-bond acceptors (Lipinski definition) is 8. The Balaban J connectivity index is 1.29. The van der Waals surface area contributed by atoms with Gasteiger partial charge in [-0.2, -0.15) is 5.10 Å². The first-order valence-electron chi connectivity index (χ1n) is 11.0. The zero-order chi connectivity index (χ0) is 22.1. The van der Waals surface area contributed by atoms with Crippen molar-refractivity contribution < 1.29 is 9.90 Å². The number of ketones is 1. The van der Waals surface area contributed by atoms with E-state index in [-0.39, 0.29) is 17.6 Å². The zero-order valence-corrected chi connectivity index (χ0v) is 17.7. The smallest absolute Gasteiger partial charge is 0.151 e. The molecule has 2 aliphatic rings. The van der Waals surface area contributed by atoms with Gasteiger partial charge in [0.2, 0.25) is 0 Å². The largest absolute Gasteiger partial charge is 0.507 e. The van der Waals surface area contributed by atoms with Crippen LogP contribution < -0.4 is 16.0 Å². The van der Waals surface area contributed by atoms with E-state index >= 15 is 0 Å². The molecule has 0 amide bonds. The van der Waals surface area contributed by atoms with Gasteiger partial charge in [0.25, 0.3) is 0 Å². The second-order valence-electron chi connectivity index (χ2n) is 8.51. The van der Waals surface area contributed by atoms with Crippen molar-refractivity contribution in [3.63, 3.8) is 0 Å². The van der Waals surface area contributed by atoms with E-state index in [1.807, 2.05) is 24.3 Å². The molecule has 0 saturated carbocycles. The van der Waals surface area contributed by atoms with Crippen LogP contribution in [0.5, 0.6) is 5.75 Å². The average molecular weight is 434 g/mol. The predicted octanol–water partition coefficient (Wildman–Crippen LogP) is 1.71.